The van der Waals surface area contributed by atoms with Gasteiger partial charge in [0.2, 0.25) is 0 Å². The molecule has 0 bridgehead atoms. The van der Waals surface area contributed by atoms with Crippen LogP contribution in [0.4, 0.5) is 0 Å². The summed E-state index contributed by atoms with van der Waals surface area (Å²) >= 11 is 1.75. The van der Waals surface area contributed by atoms with Crippen molar-refractivity contribution in [3.63, 3.8) is 0 Å². The molecule has 3 nitrogen and oxygen atoms in total. The van der Waals surface area contributed by atoms with Crippen LogP contribution < -0.4 is 5.73 Å². The lowest BCUT2D eigenvalue weighted by atomic mass is 9.95. The molecule has 0 spiro atoms. The second kappa shape index (κ2) is 7.22. The SMILES string of the molecule is Cl.NCCC1CCCN(Cc2nccs2)C1. The van der Waals surface area contributed by atoms with E-state index in [4.69, 9.17) is 5.73 Å². The average Bonchev–Trinajstić information content (AvgIpc) is 2.71. The summed E-state index contributed by atoms with van der Waals surface area (Å²) in [4.78, 5) is 6.85. The molecule has 0 saturated carbocycles. The number of nitrogens with two attached hydrogens (primary N) is 1. The highest BCUT2D eigenvalue weighted by Crippen LogP contribution is 2.21. The second-order valence-corrected chi connectivity index (χ2v) is 5.23. The number of halogens is 1. The van der Waals surface area contributed by atoms with E-state index in [0.717, 1.165) is 19.0 Å². The van der Waals surface area contributed by atoms with Crippen LogP contribution in [0.2, 0.25) is 0 Å². The summed E-state index contributed by atoms with van der Waals surface area (Å²) in [6.07, 6.45) is 5.73. The minimum Gasteiger partial charge on any atom is -0.330 e. The molecule has 0 aromatic carbocycles. The molecule has 92 valence electrons. The molecule has 1 fully saturated rings. The van der Waals surface area contributed by atoms with Crippen LogP contribution in [-0.4, -0.2) is 29.5 Å². The Labute approximate surface area is 107 Å². The van der Waals surface area contributed by atoms with Crippen LogP contribution in [0.15, 0.2) is 11.6 Å². The molecule has 1 unspecified atom stereocenters. The molecular formula is C11H20ClN3S. The summed E-state index contributed by atoms with van der Waals surface area (Å²) in [6.45, 7) is 4.28. The van der Waals surface area contributed by atoms with E-state index in [1.54, 1.807) is 11.3 Å². The lowest BCUT2D eigenvalue weighted by molar-refractivity contribution is 0.163. The zero-order chi connectivity index (χ0) is 10.5. The summed E-state index contributed by atoms with van der Waals surface area (Å²) in [5.74, 6) is 0.809. The lowest BCUT2D eigenvalue weighted by Gasteiger charge is -2.31. The van der Waals surface area contributed by atoms with Gasteiger partial charge in [-0.15, -0.1) is 23.7 Å². The Morgan fingerprint density at radius 3 is 3.12 bits per heavy atom. The van der Waals surface area contributed by atoms with E-state index in [1.165, 1.54) is 37.4 Å². The number of likely N-dealkylation sites (tertiary alicyclic amines) is 1. The lowest BCUT2D eigenvalue weighted by Crippen LogP contribution is -2.35. The van der Waals surface area contributed by atoms with Crippen molar-refractivity contribution in [3.8, 4) is 0 Å². The average molecular weight is 262 g/mol. The molecule has 5 heteroatoms. The molecule has 0 aliphatic carbocycles. The number of rotatable bonds is 4. The fourth-order valence-electron chi connectivity index (χ4n) is 2.29. The molecule has 1 aromatic heterocycles. The van der Waals surface area contributed by atoms with E-state index in [0.29, 0.717) is 0 Å². The molecule has 1 aromatic rings. The van der Waals surface area contributed by atoms with Crippen molar-refractivity contribution in [2.75, 3.05) is 19.6 Å². The van der Waals surface area contributed by atoms with Gasteiger partial charge in [0.05, 0.1) is 6.54 Å². The van der Waals surface area contributed by atoms with Crippen LogP contribution in [0.5, 0.6) is 0 Å². The maximum atomic E-state index is 5.61. The van der Waals surface area contributed by atoms with Gasteiger partial charge in [-0.2, -0.15) is 0 Å². The molecule has 1 atom stereocenters. The van der Waals surface area contributed by atoms with Gasteiger partial charge in [0, 0.05) is 18.1 Å². The van der Waals surface area contributed by atoms with Crippen molar-refractivity contribution >= 4 is 23.7 Å². The Morgan fingerprint density at radius 2 is 2.44 bits per heavy atom. The van der Waals surface area contributed by atoms with Crippen molar-refractivity contribution in [2.24, 2.45) is 11.7 Å². The van der Waals surface area contributed by atoms with Gasteiger partial charge < -0.3 is 5.73 Å². The third kappa shape index (κ3) is 4.01. The normalized spacial score (nSPS) is 21.7. The standard InChI is InChI=1S/C11H19N3S.ClH/c12-4-3-10-2-1-6-14(8-10)9-11-13-5-7-15-11;/h5,7,10H,1-4,6,8-9,12H2;1H. The fraction of sp³-hybridized carbons (Fsp3) is 0.727. The Morgan fingerprint density at radius 1 is 1.56 bits per heavy atom. The maximum Gasteiger partial charge on any atom is 0.107 e. The summed E-state index contributed by atoms with van der Waals surface area (Å²) in [5.41, 5.74) is 5.61. The number of hydrogen-bond donors (Lipinski definition) is 1. The van der Waals surface area contributed by atoms with Gasteiger partial charge in [-0.05, 0) is 38.3 Å². The van der Waals surface area contributed by atoms with E-state index in [1.807, 2.05) is 6.20 Å². The minimum atomic E-state index is 0. The Bertz CT molecular complexity index is 277. The van der Waals surface area contributed by atoms with Crippen LogP contribution in [0.3, 0.4) is 0 Å². The summed E-state index contributed by atoms with van der Waals surface area (Å²) in [5, 5.41) is 3.29. The van der Waals surface area contributed by atoms with Crippen LogP contribution >= 0.6 is 23.7 Å². The van der Waals surface area contributed by atoms with E-state index >= 15 is 0 Å². The van der Waals surface area contributed by atoms with E-state index in [-0.39, 0.29) is 12.4 Å². The summed E-state index contributed by atoms with van der Waals surface area (Å²) in [7, 11) is 0. The predicted octanol–water partition coefficient (Wildman–Crippen LogP) is 2.13. The molecule has 2 rings (SSSR count). The first-order valence-electron chi connectivity index (χ1n) is 5.69. The van der Waals surface area contributed by atoms with Crippen LogP contribution in [-0.2, 0) is 6.54 Å². The van der Waals surface area contributed by atoms with Gasteiger partial charge in [0.25, 0.3) is 0 Å². The third-order valence-corrected chi connectivity index (χ3v) is 3.78. The van der Waals surface area contributed by atoms with Crippen molar-refractivity contribution in [1.29, 1.82) is 0 Å². The first-order valence-corrected chi connectivity index (χ1v) is 6.57. The second-order valence-electron chi connectivity index (χ2n) is 4.25. The highest BCUT2D eigenvalue weighted by Gasteiger charge is 2.19. The van der Waals surface area contributed by atoms with Gasteiger partial charge >= 0.3 is 0 Å². The smallest absolute Gasteiger partial charge is 0.107 e. The van der Waals surface area contributed by atoms with Gasteiger partial charge in [-0.1, -0.05) is 0 Å². The first kappa shape index (κ1) is 13.9. The highest BCUT2D eigenvalue weighted by atomic mass is 35.5. The summed E-state index contributed by atoms with van der Waals surface area (Å²) in [6, 6.07) is 0. The highest BCUT2D eigenvalue weighted by molar-refractivity contribution is 7.09. The predicted molar refractivity (Wildman–Crippen MR) is 71.0 cm³/mol. The molecule has 1 aliphatic heterocycles. The van der Waals surface area contributed by atoms with E-state index in [2.05, 4.69) is 15.3 Å². The van der Waals surface area contributed by atoms with Gasteiger partial charge in [0.1, 0.15) is 5.01 Å². The van der Waals surface area contributed by atoms with Crippen molar-refractivity contribution in [2.45, 2.75) is 25.8 Å². The van der Waals surface area contributed by atoms with E-state index in [9.17, 15) is 0 Å². The molecule has 16 heavy (non-hydrogen) atoms. The van der Waals surface area contributed by atoms with Crippen LogP contribution in [0.25, 0.3) is 0 Å². The first-order chi connectivity index (χ1) is 7.38. The van der Waals surface area contributed by atoms with Gasteiger partial charge in [-0.3, -0.25) is 4.90 Å². The molecule has 0 amide bonds. The topological polar surface area (TPSA) is 42.1 Å². The Kier molecular flexibility index (Phi) is 6.28. The van der Waals surface area contributed by atoms with Gasteiger partial charge in [0.15, 0.2) is 0 Å². The zero-order valence-corrected chi connectivity index (χ0v) is 11.1. The van der Waals surface area contributed by atoms with Crippen LogP contribution in [0, 0.1) is 5.92 Å². The molecular weight excluding hydrogens is 242 g/mol. The van der Waals surface area contributed by atoms with E-state index < -0.39 is 0 Å². The number of nitrogens with zero attached hydrogens (tertiary/aromatic N) is 2. The largest absolute Gasteiger partial charge is 0.330 e. The quantitative estimate of drug-likeness (QED) is 0.903. The van der Waals surface area contributed by atoms with Crippen molar-refractivity contribution < 1.29 is 0 Å². The summed E-state index contributed by atoms with van der Waals surface area (Å²) < 4.78 is 0. The Balaban J connectivity index is 0.00000128. The fourth-order valence-corrected chi connectivity index (χ4v) is 2.95. The van der Waals surface area contributed by atoms with Crippen molar-refractivity contribution in [1.82, 2.24) is 9.88 Å². The zero-order valence-electron chi connectivity index (χ0n) is 9.47. The van der Waals surface area contributed by atoms with Gasteiger partial charge in [-0.25, -0.2) is 4.98 Å². The number of thiazole rings is 1. The minimum absolute atomic E-state index is 0. The molecule has 1 saturated heterocycles. The number of piperidine rings is 1. The number of aromatic nitrogens is 1. The third-order valence-electron chi connectivity index (χ3n) is 3.02. The maximum absolute atomic E-state index is 5.61. The molecule has 1 aliphatic rings. The molecule has 2 heterocycles. The molecule has 0 radical (unpaired) electrons. The Hall–Kier alpha value is -0.160. The number of hydrogen-bond acceptors (Lipinski definition) is 4. The van der Waals surface area contributed by atoms with Crippen LogP contribution in [0.1, 0.15) is 24.3 Å². The molecule has 2 N–H and O–H groups in total. The monoisotopic (exact) mass is 261 g/mol. The van der Waals surface area contributed by atoms with Crippen molar-refractivity contribution in [3.05, 3.63) is 16.6 Å².